The van der Waals surface area contributed by atoms with Gasteiger partial charge >= 0.3 is 0 Å². The molecular weight excluding hydrogens is 464 g/mol. The molecule has 1 aliphatic rings. The molecule has 1 saturated heterocycles. The second-order valence-electron chi connectivity index (χ2n) is 9.88. The fourth-order valence-electron chi connectivity index (χ4n) is 4.70. The van der Waals surface area contributed by atoms with Crippen LogP contribution < -0.4 is 14.5 Å². The highest BCUT2D eigenvalue weighted by Crippen LogP contribution is 2.27. The van der Waals surface area contributed by atoms with Crippen LogP contribution in [0.25, 0.3) is 16.7 Å². The number of benzene rings is 1. The molecule has 0 spiro atoms. The van der Waals surface area contributed by atoms with Crippen molar-refractivity contribution in [2.75, 3.05) is 29.9 Å². The third kappa shape index (κ3) is 5.28. The van der Waals surface area contributed by atoms with E-state index in [1.54, 1.807) is 11.1 Å². The lowest BCUT2D eigenvalue weighted by Gasteiger charge is -2.32. The van der Waals surface area contributed by atoms with Crippen LogP contribution in [0.4, 0.5) is 11.6 Å². The minimum atomic E-state index is -0.0465. The molecule has 5 rings (SSSR count). The van der Waals surface area contributed by atoms with Crippen molar-refractivity contribution < 1.29 is 9.53 Å². The number of ether oxygens (including phenoxy) is 1. The molecule has 192 valence electrons. The monoisotopic (exact) mass is 498 g/mol. The van der Waals surface area contributed by atoms with Crippen LogP contribution >= 0.6 is 0 Å². The molecule has 3 aromatic heterocycles. The second kappa shape index (κ2) is 10.6. The Hall–Kier alpha value is -3.94. The quantitative estimate of drug-likeness (QED) is 0.355. The highest BCUT2D eigenvalue weighted by molar-refractivity contribution is 5.96. The van der Waals surface area contributed by atoms with Gasteiger partial charge in [0.15, 0.2) is 0 Å². The summed E-state index contributed by atoms with van der Waals surface area (Å²) in [5.74, 6) is 2.45. The number of amides is 1. The second-order valence-corrected chi connectivity index (χ2v) is 9.88. The molecule has 1 aliphatic heterocycles. The van der Waals surface area contributed by atoms with Crippen LogP contribution in [0.3, 0.4) is 0 Å². The molecule has 37 heavy (non-hydrogen) atoms. The first-order valence-corrected chi connectivity index (χ1v) is 13.0. The zero-order valence-electron chi connectivity index (χ0n) is 22.0. The number of anilines is 2. The average Bonchev–Trinajstić information content (AvgIpc) is 3.36. The molecule has 4 heterocycles. The van der Waals surface area contributed by atoms with Gasteiger partial charge in [-0.3, -0.25) is 4.79 Å². The Morgan fingerprint density at radius 2 is 1.81 bits per heavy atom. The van der Waals surface area contributed by atoms with E-state index in [1.807, 2.05) is 75.9 Å². The lowest BCUT2D eigenvalue weighted by atomic mass is 10.1. The molecule has 0 aliphatic carbocycles. The first-order valence-electron chi connectivity index (χ1n) is 13.0. The number of hydrogen-bond donors (Lipinski definition) is 0. The van der Waals surface area contributed by atoms with Crippen LogP contribution in [0.2, 0.25) is 0 Å². The largest absolute Gasteiger partial charge is 0.489 e. The third-order valence-corrected chi connectivity index (χ3v) is 6.98. The summed E-state index contributed by atoms with van der Waals surface area (Å²) in [6.07, 6.45) is 10.6. The summed E-state index contributed by atoms with van der Waals surface area (Å²) in [6.45, 7) is 7.68. The molecule has 0 radical (unpaired) electrons. The van der Waals surface area contributed by atoms with Gasteiger partial charge in [-0.15, -0.1) is 0 Å². The van der Waals surface area contributed by atoms with Crippen LogP contribution in [-0.2, 0) is 11.2 Å². The number of carbonyl (C=O) groups is 1. The van der Waals surface area contributed by atoms with Crippen LogP contribution in [-0.4, -0.2) is 51.7 Å². The lowest BCUT2D eigenvalue weighted by Crippen LogP contribution is -2.39. The Balaban J connectivity index is 1.22. The Kier molecular flexibility index (Phi) is 7.08. The van der Waals surface area contributed by atoms with Gasteiger partial charge in [0.2, 0.25) is 11.9 Å². The van der Waals surface area contributed by atoms with Crippen LogP contribution in [0.15, 0.2) is 61.2 Å². The van der Waals surface area contributed by atoms with Crippen molar-refractivity contribution in [2.24, 2.45) is 5.92 Å². The van der Waals surface area contributed by atoms with E-state index in [0.717, 1.165) is 72.0 Å². The summed E-state index contributed by atoms with van der Waals surface area (Å²) in [4.78, 5) is 30.0. The zero-order chi connectivity index (χ0) is 25.9. The Labute approximate surface area is 217 Å². The maximum atomic E-state index is 12.4. The number of rotatable bonds is 7. The van der Waals surface area contributed by atoms with Gasteiger partial charge in [-0.2, -0.15) is 0 Å². The fraction of sp³-hybridized carbons (Fsp3) is 0.379. The molecule has 4 aromatic rings. The van der Waals surface area contributed by atoms with Gasteiger partial charge in [-0.1, -0.05) is 20.8 Å². The Morgan fingerprint density at radius 1 is 1.05 bits per heavy atom. The van der Waals surface area contributed by atoms with E-state index in [-0.39, 0.29) is 17.9 Å². The van der Waals surface area contributed by atoms with Crippen molar-refractivity contribution in [3.05, 3.63) is 66.7 Å². The lowest BCUT2D eigenvalue weighted by molar-refractivity contribution is -0.121. The number of nitrogens with zero attached hydrogens (tertiary/aromatic N) is 6. The van der Waals surface area contributed by atoms with Gasteiger partial charge in [0.1, 0.15) is 17.7 Å². The zero-order valence-corrected chi connectivity index (χ0v) is 22.0. The number of carbonyl (C=O) groups excluding carboxylic acids is 1. The van der Waals surface area contributed by atoms with Gasteiger partial charge in [0, 0.05) is 68.6 Å². The molecular formula is C29H34N6O2. The van der Waals surface area contributed by atoms with E-state index in [4.69, 9.17) is 4.74 Å². The third-order valence-electron chi connectivity index (χ3n) is 6.98. The van der Waals surface area contributed by atoms with Crippen LogP contribution in [0.5, 0.6) is 5.75 Å². The maximum absolute atomic E-state index is 12.4. The van der Waals surface area contributed by atoms with Gasteiger partial charge in [-0.25, -0.2) is 15.0 Å². The summed E-state index contributed by atoms with van der Waals surface area (Å²) >= 11 is 0. The van der Waals surface area contributed by atoms with Crippen molar-refractivity contribution in [2.45, 2.75) is 46.1 Å². The highest BCUT2D eigenvalue weighted by atomic mass is 16.5. The number of hydrogen-bond acceptors (Lipinski definition) is 6. The van der Waals surface area contributed by atoms with E-state index in [2.05, 4.69) is 31.3 Å². The van der Waals surface area contributed by atoms with E-state index in [9.17, 15) is 4.79 Å². The molecule has 8 nitrogen and oxygen atoms in total. The van der Waals surface area contributed by atoms with E-state index < -0.39 is 0 Å². The molecule has 0 N–H and O–H groups in total. The van der Waals surface area contributed by atoms with Crippen LogP contribution in [0, 0.1) is 5.92 Å². The average molecular weight is 499 g/mol. The summed E-state index contributed by atoms with van der Waals surface area (Å²) < 4.78 is 8.29. The number of fused-ring (bicyclic) bond motifs is 1. The smallest absolute Gasteiger partial charge is 0.229 e. The summed E-state index contributed by atoms with van der Waals surface area (Å²) in [5.41, 5.74) is 3.08. The van der Waals surface area contributed by atoms with Crippen molar-refractivity contribution in [3.63, 3.8) is 0 Å². The van der Waals surface area contributed by atoms with Gasteiger partial charge in [0.25, 0.3) is 0 Å². The van der Waals surface area contributed by atoms with Gasteiger partial charge in [0.05, 0.1) is 11.7 Å². The van der Waals surface area contributed by atoms with Crippen molar-refractivity contribution >= 4 is 28.4 Å². The molecule has 0 saturated carbocycles. The minimum absolute atomic E-state index is 0.0465. The molecule has 0 atom stereocenters. The van der Waals surface area contributed by atoms with Crippen LogP contribution in [0.1, 0.15) is 39.2 Å². The molecule has 1 aromatic carbocycles. The van der Waals surface area contributed by atoms with Gasteiger partial charge in [-0.05, 0) is 48.4 Å². The van der Waals surface area contributed by atoms with E-state index in [0.29, 0.717) is 0 Å². The summed E-state index contributed by atoms with van der Waals surface area (Å²) in [7, 11) is 1.82. The number of pyridine rings is 1. The number of aromatic nitrogens is 4. The standard InChI is InChI=1S/C29H34N6O2/c1-5-21-17-31-29(32-18-21)34-13-11-24(12-14-34)37-25-7-9-27(30-19-25)35-15-10-22-16-23(6-8-26(22)35)33(4)28(36)20(2)3/h6-10,15-20,24H,5,11-14H2,1-4H3. The molecule has 1 fully saturated rings. The Morgan fingerprint density at radius 3 is 2.46 bits per heavy atom. The highest BCUT2D eigenvalue weighted by Gasteiger charge is 2.22. The molecule has 1 amide bonds. The molecule has 8 heteroatoms. The minimum Gasteiger partial charge on any atom is -0.489 e. The van der Waals surface area contributed by atoms with E-state index >= 15 is 0 Å². The summed E-state index contributed by atoms with van der Waals surface area (Å²) in [6, 6.07) is 12.1. The van der Waals surface area contributed by atoms with E-state index in [1.165, 1.54) is 0 Å². The van der Waals surface area contributed by atoms with Crippen molar-refractivity contribution in [3.8, 4) is 11.6 Å². The van der Waals surface area contributed by atoms with Crippen molar-refractivity contribution in [1.29, 1.82) is 0 Å². The van der Waals surface area contributed by atoms with Crippen molar-refractivity contribution in [1.82, 2.24) is 19.5 Å². The van der Waals surface area contributed by atoms with Gasteiger partial charge < -0.3 is 19.1 Å². The predicted octanol–water partition coefficient (Wildman–Crippen LogP) is 5.04. The fourth-order valence-corrected chi connectivity index (χ4v) is 4.70. The first kappa shape index (κ1) is 24.7. The predicted molar refractivity (Wildman–Crippen MR) is 147 cm³/mol. The number of aryl methyl sites for hydroxylation is 1. The number of piperidine rings is 1. The SMILES string of the molecule is CCc1cnc(N2CCC(Oc3ccc(-n4ccc5cc(N(C)C(=O)C(C)C)ccc54)nc3)CC2)nc1. The molecule has 0 unspecified atom stereocenters. The molecule has 0 bridgehead atoms. The maximum Gasteiger partial charge on any atom is 0.229 e. The summed E-state index contributed by atoms with van der Waals surface area (Å²) in [5, 5.41) is 1.06. The normalized spacial score (nSPS) is 14.4. The topological polar surface area (TPSA) is 76.4 Å². The first-order chi connectivity index (χ1) is 17.9. The Bertz CT molecular complexity index is 1360.